The van der Waals surface area contributed by atoms with Gasteiger partial charge >= 0.3 is 0 Å². The number of hydrogen-bond acceptors (Lipinski definition) is 2. The van der Waals surface area contributed by atoms with E-state index in [4.69, 9.17) is 4.74 Å². The number of benzene rings is 2. The average molecular weight is 319 g/mol. The van der Waals surface area contributed by atoms with Gasteiger partial charge < -0.3 is 10.1 Å². The summed E-state index contributed by atoms with van der Waals surface area (Å²) in [4.78, 5) is 0. The Morgan fingerprint density at radius 2 is 1.52 bits per heavy atom. The van der Waals surface area contributed by atoms with E-state index in [1.807, 2.05) is 39.0 Å². The molecule has 2 aromatic rings. The van der Waals surface area contributed by atoms with Crippen LogP contribution >= 0.6 is 0 Å². The van der Waals surface area contributed by atoms with Gasteiger partial charge in [-0.1, -0.05) is 30.3 Å². The molecule has 0 aliphatic rings. The van der Waals surface area contributed by atoms with Gasteiger partial charge in [-0.2, -0.15) is 0 Å². The summed E-state index contributed by atoms with van der Waals surface area (Å²) in [5.74, 6) is -1.63. The van der Waals surface area contributed by atoms with Crippen molar-refractivity contribution in [2.45, 2.75) is 46.1 Å². The maximum absolute atomic E-state index is 13.1. The largest absolute Gasteiger partial charge is 0.371 e. The number of halogens is 2. The first kappa shape index (κ1) is 17.6. The first-order valence-electron chi connectivity index (χ1n) is 7.70. The Kier molecular flexibility index (Phi) is 5.85. The molecule has 0 spiro atoms. The molecule has 2 rings (SSSR count). The van der Waals surface area contributed by atoms with Crippen LogP contribution in [0, 0.1) is 11.6 Å². The second-order valence-electron chi connectivity index (χ2n) is 6.57. The predicted molar refractivity (Wildman–Crippen MR) is 87.9 cm³/mol. The Morgan fingerprint density at radius 3 is 2.17 bits per heavy atom. The summed E-state index contributed by atoms with van der Waals surface area (Å²) in [6, 6.07) is 12.1. The summed E-state index contributed by atoms with van der Waals surface area (Å²) < 4.78 is 31.8. The summed E-state index contributed by atoms with van der Waals surface area (Å²) in [6.45, 7) is 7.80. The predicted octanol–water partition coefficient (Wildman–Crippen LogP) is 4.57. The molecule has 0 aromatic heterocycles. The van der Waals surface area contributed by atoms with Crippen LogP contribution in [0.15, 0.2) is 42.5 Å². The molecule has 2 nitrogen and oxygen atoms in total. The fourth-order valence-corrected chi connectivity index (χ4v) is 2.13. The van der Waals surface area contributed by atoms with Gasteiger partial charge in [0, 0.05) is 13.1 Å². The molecule has 0 heterocycles. The molecular formula is C19H23F2NO. The number of hydrogen-bond donors (Lipinski definition) is 1. The molecule has 0 unspecified atom stereocenters. The van der Waals surface area contributed by atoms with Crippen LogP contribution in [-0.4, -0.2) is 5.60 Å². The fourth-order valence-electron chi connectivity index (χ4n) is 2.13. The fraction of sp³-hybridized carbons (Fsp3) is 0.368. The van der Waals surface area contributed by atoms with E-state index in [1.165, 1.54) is 6.07 Å². The van der Waals surface area contributed by atoms with Crippen molar-refractivity contribution >= 4 is 0 Å². The zero-order valence-electron chi connectivity index (χ0n) is 13.8. The van der Waals surface area contributed by atoms with Crippen molar-refractivity contribution in [3.63, 3.8) is 0 Å². The van der Waals surface area contributed by atoms with Crippen LogP contribution in [0.5, 0.6) is 0 Å². The van der Waals surface area contributed by atoms with Crippen LogP contribution in [0.1, 0.15) is 37.5 Å². The Hall–Kier alpha value is -1.78. The van der Waals surface area contributed by atoms with Crippen molar-refractivity contribution < 1.29 is 13.5 Å². The van der Waals surface area contributed by atoms with Crippen LogP contribution in [0.4, 0.5) is 8.78 Å². The molecule has 23 heavy (non-hydrogen) atoms. The van der Waals surface area contributed by atoms with Gasteiger partial charge in [-0.25, -0.2) is 8.78 Å². The van der Waals surface area contributed by atoms with Gasteiger partial charge in [0.15, 0.2) is 11.6 Å². The third-order valence-electron chi connectivity index (χ3n) is 3.31. The standard InChI is InChI=1S/C19H23F2NO/c1-19(2,3)23-13-16-6-4-5-14(9-16)11-22-12-15-7-8-17(20)18(21)10-15/h4-10,22H,11-13H2,1-3H3. The molecule has 0 radical (unpaired) electrons. The molecule has 0 aliphatic carbocycles. The highest BCUT2D eigenvalue weighted by atomic mass is 19.2. The van der Waals surface area contributed by atoms with Crippen molar-refractivity contribution in [3.05, 3.63) is 70.8 Å². The highest BCUT2D eigenvalue weighted by Crippen LogP contribution is 2.13. The van der Waals surface area contributed by atoms with Crippen LogP contribution in [0.25, 0.3) is 0 Å². The van der Waals surface area contributed by atoms with E-state index in [9.17, 15) is 8.78 Å². The Morgan fingerprint density at radius 1 is 0.870 bits per heavy atom. The van der Waals surface area contributed by atoms with Crippen LogP contribution in [0.3, 0.4) is 0 Å². The summed E-state index contributed by atoms with van der Waals surface area (Å²) in [6.07, 6.45) is 0. The molecule has 4 heteroatoms. The third-order valence-corrected chi connectivity index (χ3v) is 3.31. The molecule has 0 aliphatic heterocycles. The van der Waals surface area contributed by atoms with Gasteiger partial charge in [0.2, 0.25) is 0 Å². The van der Waals surface area contributed by atoms with E-state index >= 15 is 0 Å². The van der Waals surface area contributed by atoms with E-state index in [2.05, 4.69) is 11.4 Å². The van der Waals surface area contributed by atoms with Crippen molar-refractivity contribution in [3.8, 4) is 0 Å². The number of nitrogens with one attached hydrogen (secondary N) is 1. The van der Waals surface area contributed by atoms with Crippen molar-refractivity contribution in [2.75, 3.05) is 0 Å². The summed E-state index contributed by atoms with van der Waals surface area (Å²) in [5, 5.41) is 3.23. The highest BCUT2D eigenvalue weighted by Gasteiger charge is 2.10. The lowest BCUT2D eigenvalue weighted by Gasteiger charge is -2.19. The molecule has 2 aromatic carbocycles. The lowest BCUT2D eigenvalue weighted by atomic mass is 10.1. The topological polar surface area (TPSA) is 21.3 Å². The Balaban J connectivity index is 1.87. The Bertz CT molecular complexity index is 650. The van der Waals surface area contributed by atoms with E-state index in [-0.39, 0.29) is 5.60 Å². The second-order valence-corrected chi connectivity index (χ2v) is 6.57. The molecule has 0 fully saturated rings. The van der Waals surface area contributed by atoms with E-state index in [0.717, 1.165) is 22.8 Å². The zero-order valence-corrected chi connectivity index (χ0v) is 13.8. The third kappa shape index (κ3) is 6.08. The quantitative estimate of drug-likeness (QED) is 0.842. The minimum absolute atomic E-state index is 0.166. The van der Waals surface area contributed by atoms with Crippen LogP contribution in [-0.2, 0) is 24.4 Å². The summed E-state index contributed by atoms with van der Waals surface area (Å²) in [7, 11) is 0. The second kappa shape index (κ2) is 7.66. The minimum Gasteiger partial charge on any atom is -0.371 e. The lowest BCUT2D eigenvalue weighted by molar-refractivity contribution is -0.0149. The first-order chi connectivity index (χ1) is 10.8. The molecular weight excluding hydrogens is 296 g/mol. The molecule has 0 atom stereocenters. The average Bonchev–Trinajstić information content (AvgIpc) is 2.49. The van der Waals surface area contributed by atoms with Crippen molar-refractivity contribution in [1.82, 2.24) is 5.32 Å². The van der Waals surface area contributed by atoms with Crippen molar-refractivity contribution in [2.24, 2.45) is 0 Å². The maximum atomic E-state index is 13.1. The highest BCUT2D eigenvalue weighted by molar-refractivity contribution is 5.23. The van der Waals surface area contributed by atoms with E-state index < -0.39 is 11.6 Å². The number of ether oxygens (including phenoxy) is 1. The number of rotatable bonds is 6. The van der Waals surface area contributed by atoms with Crippen molar-refractivity contribution in [1.29, 1.82) is 0 Å². The van der Waals surface area contributed by atoms with E-state index in [1.54, 1.807) is 6.07 Å². The van der Waals surface area contributed by atoms with Gasteiger partial charge in [-0.05, 0) is 49.6 Å². The van der Waals surface area contributed by atoms with Crippen LogP contribution in [0.2, 0.25) is 0 Å². The van der Waals surface area contributed by atoms with Gasteiger partial charge in [-0.3, -0.25) is 0 Å². The maximum Gasteiger partial charge on any atom is 0.159 e. The monoisotopic (exact) mass is 319 g/mol. The SMILES string of the molecule is CC(C)(C)OCc1cccc(CNCc2ccc(F)c(F)c2)c1. The molecule has 0 saturated heterocycles. The normalized spacial score (nSPS) is 11.7. The minimum atomic E-state index is -0.819. The molecule has 0 amide bonds. The lowest BCUT2D eigenvalue weighted by Crippen LogP contribution is -2.18. The van der Waals surface area contributed by atoms with E-state index in [0.29, 0.717) is 19.7 Å². The zero-order chi connectivity index (χ0) is 16.9. The smallest absolute Gasteiger partial charge is 0.159 e. The summed E-state index contributed by atoms with van der Waals surface area (Å²) in [5.41, 5.74) is 2.80. The Labute approximate surface area is 136 Å². The van der Waals surface area contributed by atoms with Gasteiger partial charge in [0.05, 0.1) is 12.2 Å². The first-order valence-corrected chi connectivity index (χ1v) is 7.70. The molecule has 0 bridgehead atoms. The van der Waals surface area contributed by atoms with Crippen LogP contribution < -0.4 is 5.32 Å². The van der Waals surface area contributed by atoms with Gasteiger partial charge in [-0.15, -0.1) is 0 Å². The van der Waals surface area contributed by atoms with Gasteiger partial charge in [0.1, 0.15) is 0 Å². The summed E-state index contributed by atoms with van der Waals surface area (Å²) >= 11 is 0. The molecule has 1 N–H and O–H groups in total. The molecule has 0 saturated carbocycles. The van der Waals surface area contributed by atoms with Gasteiger partial charge in [0.25, 0.3) is 0 Å². The molecule has 124 valence electrons.